The first kappa shape index (κ1) is 16.5. The third-order valence-corrected chi connectivity index (χ3v) is 3.22. The number of aryl methyl sites for hydroxylation is 2. The molecule has 1 heterocycles. The SMILES string of the molecule is CCc1noc(CN(C)CC(O)COc2ccc(C)cc2)n1. The zero-order chi connectivity index (χ0) is 15.9. The zero-order valence-corrected chi connectivity index (χ0v) is 13.3. The van der Waals surface area contributed by atoms with E-state index < -0.39 is 6.10 Å². The zero-order valence-electron chi connectivity index (χ0n) is 13.3. The Balaban J connectivity index is 1.73. The lowest BCUT2D eigenvalue weighted by atomic mass is 10.2. The van der Waals surface area contributed by atoms with Gasteiger partial charge in [-0.2, -0.15) is 4.98 Å². The monoisotopic (exact) mass is 305 g/mol. The summed E-state index contributed by atoms with van der Waals surface area (Å²) in [7, 11) is 1.89. The minimum atomic E-state index is -0.583. The van der Waals surface area contributed by atoms with Crippen LogP contribution in [0.15, 0.2) is 28.8 Å². The van der Waals surface area contributed by atoms with Crippen LogP contribution in [0, 0.1) is 6.92 Å². The van der Waals surface area contributed by atoms with Crippen LogP contribution in [-0.4, -0.2) is 46.5 Å². The summed E-state index contributed by atoms with van der Waals surface area (Å²) in [6, 6.07) is 7.76. The van der Waals surface area contributed by atoms with Gasteiger partial charge in [0, 0.05) is 13.0 Å². The number of aliphatic hydroxyl groups is 1. The van der Waals surface area contributed by atoms with Gasteiger partial charge in [0.15, 0.2) is 5.82 Å². The van der Waals surface area contributed by atoms with E-state index in [2.05, 4.69) is 10.1 Å². The average Bonchev–Trinajstić information content (AvgIpc) is 2.94. The van der Waals surface area contributed by atoms with Crippen LogP contribution in [0.2, 0.25) is 0 Å². The highest BCUT2D eigenvalue weighted by Crippen LogP contribution is 2.12. The van der Waals surface area contributed by atoms with Crippen LogP contribution >= 0.6 is 0 Å². The topological polar surface area (TPSA) is 71.6 Å². The van der Waals surface area contributed by atoms with Gasteiger partial charge < -0.3 is 14.4 Å². The molecule has 0 aliphatic carbocycles. The predicted molar refractivity (Wildman–Crippen MR) is 82.7 cm³/mol. The molecule has 0 aliphatic rings. The first-order valence-corrected chi connectivity index (χ1v) is 7.44. The highest BCUT2D eigenvalue weighted by Gasteiger charge is 2.13. The Bertz CT molecular complexity index is 568. The Labute approximate surface area is 130 Å². The van der Waals surface area contributed by atoms with Gasteiger partial charge in [-0.05, 0) is 26.1 Å². The quantitative estimate of drug-likeness (QED) is 0.802. The van der Waals surface area contributed by atoms with Crippen LogP contribution in [0.4, 0.5) is 0 Å². The number of benzene rings is 1. The third kappa shape index (κ3) is 5.13. The van der Waals surface area contributed by atoms with Crippen LogP contribution in [-0.2, 0) is 13.0 Å². The van der Waals surface area contributed by atoms with E-state index in [0.29, 0.717) is 24.8 Å². The number of likely N-dealkylation sites (N-methyl/N-ethyl adjacent to an activating group) is 1. The predicted octanol–water partition coefficient (Wildman–Crippen LogP) is 1.81. The summed E-state index contributed by atoms with van der Waals surface area (Å²) in [5.74, 6) is 2.02. The summed E-state index contributed by atoms with van der Waals surface area (Å²) in [5.41, 5.74) is 1.18. The Morgan fingerprint density at radius 1 is 1.32 bits per heavy atom. The first-order chi connectivity index (χ1) is 10.6. The Kier molecular flexibility index (Phi) is 5.91. The molecule has 0 fully saturated rings. The Morgan fingerprint density at radius 2 is 2.05 bits per heavy atom. The molecule has 0 bridgehead atoms. The normalized spacial score (nSPS) is 12.6. The molecule has 1 unspecified atom stereocenters. The van der Waals surface area contributed by atoms with Crippen molar-refractivity contribution in [1.29, 1.82) is 0 Å². The molecule has 6 heteroatoms. The smallest absolute Gasteiger partial charge is 0.240 e. The summed E-state index contributed by atoms with van der Waals surface area (Å²) in [5, 5.41) is 13.9. The largest absolute Gasteiger partial charge is 0.491 e. The fourth-order valence-electron chi connectivity index (χ4n) is 2.03. The van der Waals surface area contributed by atoms with Gasteiger partial charge in [-0.1, -0.05) is 29.8 Å². The summed E-state index contributed by atoms with van der Waals surface area (Å²) < 4.78 is 10.7. The van der Waals surface area contributed by atoms with Crippen molar-refractivity contribution in [2.45, 2.75) is 32.9 Å². The average molecular weight is 305 g/mol. The fourth-order valence-corrected chi connectivity index (χ4v) is 2.03. The Hall–Kier alpha value is -1.92. The van der Waals surface area contributed by atoms with Gasteiger partial charge in [0.05, 0.1) is 6.54 Å². The Morgan fingerprint density at radius 3 is 2.68 bits per heavy atom. The molecule has 0 amide bonds. The second-order valence-electron chi connectivity index (χ2n) is 5.43. The number of aromatic nitrogens is 2. The number of hydrogen-bond donors (Lipinski definition) is 1. The van der Waals surface area contributed by atoms with E-state index in [1.807, 2.05) is 50.1 Å². The standard InChI is InChI=1S/C16H23N3O3/c1-4-15-17-16(22-18-15)10-19(3)9-13(20)11-21-14-7-5-12(2)6-8-14/h5-8,13,20H,4,9-11H2,1-3H3. The minimum Gasteiger partial charge on any atom is -0.491 e. The lowest BCUT2D eigenvalue weighted by Gasteiger charge is -2.19. The first-order valence-electron chi connectivity index (χ1n) is 7.44. The van der Waals surface area contributed by atoms with Crippen LogP contribution in [0.25, 0.3) is 0 Å². The molecule has 22 heavy (non-hydrogen) atoms. The van der Waals surface area contributed by atoms with Crippen molar-refractivity contribution in [1.82, 2.24) is 15.0 Å². The second kappa shape index (κ2) is 7.91. The molecule has 2 aromatic rings. The van der Waals surface area contributed by atoms with E-state index in [0.717, 1.165) is 12.2 Å². The molecule has 120 valence electrons. The van der Waals surface area contributed by atoms with E-state index in [1.165, 1.54) is 5.56 Å². The van der Waals surface area contributed by atoms with E-state index in [9.17, 15) is 5.11 Å². The number of aliphatic hydroxyl groups excluding tert-OH is 1. The summed E-state index contributed by atoms with van der Waals surface area (Å²) in [4.78, 5) is 6.17. The molecule has 0 spiro atoms. The molecule has 1 aromatic heterocycles. The van der Waals surface area contributed by atoms with Crippen molar-refractivity contribution in [3.8, 4) is 5.75 Å². The van der Waals surface area contributed by atoms with E-state index >= 15 is 0 Å². The van der Waals surface area contributed by atoms with Crippen molar-refractivity contribution in [2.75, 3.05) is 20.2 Å². The van der Waals surface area contributed by atoms with Crippen molar-refractivity contribution in [3.05, 3.63) is 41.5 Å². The van der Waals surface area contributed by atoms with Gasteiger partial charge in [-0.15, -0.1) is 0 Å². The highest BCUT2D eigenvalue weighted by molar-refractivity contribution is 5.26. The van der Waals surface area contributed by atoms with Gasteiger partial charge in [-0.3, -0.25) is 4.90 Å². The summed E-state index contributed by atoms with van der Waals surface area (Å²) in [6.07, 6.45) is 0.167. The summed E-state index contributed by atoms with van der Waals surface area (Å²) in [6.45, 7) is 5.22. The van der Waals surface area contributed by atoms with Crippen molar-refractivity contribution in [3.63, 3.8) is 0 Å². The van der Waals surface area contributed by atoms with E-state index in [1.54, 1.807) is 0 Å². The van der Waals surface area contributed by atoms with Crippen LogP contribution in [0.3, 0.4) is 0 Å². The van der Waals surface area contributed by atoms with E-state index in [4.69, 9.17) is 9.26 Å². The molecule has 0 saturated heterocycles. The molecule has 0 saturated carbocycles. The molecule has 0 aliphatic heterocycles. The maximum absolute atomic E-state index is 10.0. The lowest BCUT2D eigenvalue weighted by molar-refractivity contribution is 0.0713. The van der Waals surface area contributed by atoms with Crippen LogP contribution in [0.5, 0.6) is 5.75 Å². The maximum atomic E-state index is 10.0. The van der Waals surface area contributed by atoms with Crippen LogP contribution in [0.1, 0.15) is 24.2 Å². The maximum Gasteiger partial charge on any atom is 0.240 e. The third-order valence-electron chi connectivity index (χ3n) is 3.22. The molecule has 6 nitrogen and oxygen atoms in total. The molecule has 0 radical (unpaired) electrons. The second-order valence-corrected chi connectivity index (χ2v) is 5.43. The number of nitrogens with zero attached hydrogens (tertiary/aromatic N) is 3. The minimum absolute atomic E-state index is 0.247. The number of rotatable bonds is 8. The summed E-state index contributed by atoms with van der Waals surface area (Å²) >= 11 is 0. The van der Waals surface area contributed by atoms with Gasteiger partial charge in [0.2, 0.25) is 5.89 Å². The highest BCUT2D eigenvalue weighted by atomic mass is 16.5. The fraction of sp³-hybridized carbons (Fsp3) is 0.500. The van der Waals surface area contributed by atoms with E-state index in [-0.39, 0.29) is 6.61 Å². The van der Waals surface area contributed by atoms with Crippen LogP contribution < -0.4 is 4.74 Å². The molecular weight excluding hydrogens is 282 g/mol. The van der Waals surface area contributed by atoms with Gasteiger partial charge in [0.25, 0.3) is 0 Å². The molecule has 1 atom stereocenters. The number of ether oxygens (including phenoxy) is 1. The van der Waals surface area contributed by atoms with Gasteiger partial charge in [-0.25, -0.2) is 0 Å². The van der Waals surface area contributed by atoms with Crippen molar-refractivity contribution >= 4 is 0 Å². The molecule has 2 rings (SSSR count). The lowest BCUT2D eigenvalue weighted by Crippen LogP contribution is -2.32. The van der Waals surface area contributed by atoms with Crippen molar-refractivity contribution in [2.24, 2.45) is 0 Å². The molecular formula is C16H23N3O3. The van der Waals surface area contributed by atoms with Crippen molar-refractivity contribution < 1.29 is 14.4 Å². The molecule has 1 aromatic carbocycles. The number of hydrogen-bond acceptors (Lipinski definition) is 6. The van der Waals surface area contributed by atoms with Gasteiger partial charge >= 0.3 is 0 Å². The van der Waals surface area contributed by atoms with Gasteiger partial charge in [0.1, 0.15) is 18.5 Å². The molecule has 1 N–H and O–H groups in total.